The van der Waals surface area contributed by atoms with Gasteiger partial charge < -0.3 is 19.1 Å². The van der Waals surface area contributed by atoms with E-state index in [0.29, 0.717) is 33.9 Å². The van der Waals surface area contributed by atoms with Crippen molar-refractivity contribution in [1.82, 2.24) is 14.5 Å². The van der Waals surface area contributed by atoms with Gasteiger partial charge in [0.25, 0.3) is 11.6 Å². The number of carbonyl (C=O) groups excluding carboxylic acids is 2. The number of fused-ring (bicyclic) bond motifs is 2. The molecule has 1 amide bonds. The number of nitro groups is 1. The summed E-state index contributed by atoms with van der Waals surface area (Å²) in [6.07, 6.45) is 1.40. The molecular formula is C29H22ClFN4O7S. The van der Waals surface area contributed by atoms with Gasteiger partial charge in [-0.3, -0.25) is 19.9 Å². The first-order chi connectivity index (χ1) is 20.7. The SMILES string of the molecule is CO[C@H]1CCN(C(=O)c2cc3nccc(Oc4ccc5c(c4F)c(Cl)c(C)n5C(=O)Oc4ccc([N+](=O)[O-])cc4)c3s2)C1. The van der Waals surface area contributed by atoms with Crippen LogP contribution in [0.5, 0.6) is 17.2 Å². The van der Waals surface area contributed by atoms with Crippen LogP contribution in [0.1, 0.15) is 21.8 Å². The molecule has 0 unspecified atom stereocenters. The van der Waals surface area contributed by atoms with Crippen LogP contribution in [-0.2, 0) is 4.74 Å². The highest BCUT2D eigenvalue weighted by Crippen LogP contribution is 2.40. The van der Waals surface area contributed by atoms with Crippen LogP contribution in [0.25, 0.3) is 21.1 Å². The van der Waals surface area contributed by atoms with Gasteiger partial charge in [0.2, 0.25) is 0 Å². The maximum Gasteiger partial charge on any atom is 0.424 e. The Hall–Kier alpha value is -4.59. The Bertz CT molecular complexity index is 1920. The van der Waals surface area contributed by atoms with Gasteiger partial charge >= 0.3 is 6.09 Å². The highest BCUT2D eigenvalue weighted by atomic mass is 35.5. The van der Waals surface area contributed by atoms with E-state index < -0.39 is 16.8 Å². The van der Waals surface area contributed by atoms with Crippen LogP contribution in [0.4, 0.5) is 14.9 Å². The normalized spacial score (nSPS) is 14.9. The van der Waals surface area contributed by atoms with Gasteiger partial charge in [0.05, 0.1) is 42.0 Å². The molecule has 6 rings (SSSR count). The molecule has 0 aliphatic carbocycles. The number of thiophene rings is 1. The Morgan fingerprint density at radius 3 is 2.63 bits per heavy atom. The Labute approximate surface area is 252 Å². The molecule has 14 heteroatoms. The maximum absolute atomic E-state index is 15.9. The van der Waals surface area contributed by atoms with Crippen molar-refractivity contribution < 1.29 is 33.1 Å². The summed E-state index contributed by atoms with van der Waals surface area (Å²) in [5, 5.41) is 10.8. The molecule has 5 aromatic rings. The fraction of sp³-hybridized carbons (Fsp3) is 0.207. The number of hydrogen-bond acceptors (Lipinski definition) is 9. The van der Waals surface area contributed by atoms with E-state index in [-0.39, 0.29) is 50.8 Å². The van der Waals surface area contributed by atoms with Crippen molar-refractivity contribution in [3.63, 3.8) is 0 Å². The Morgan fingerprint density at radius 1 is 1.16 bits per heavy atom. The second-order valence-electron chi connectivity index (χ2n) is 9.76. The number of halogens is 2. The summed E-state index contributed by atoms with van der Waals surface area (Å²) in [4.78, 5) is 43.0. The van der Waals surface area contributed by atoms with Gasteiger partial charge in [-0.25, -0.2) is 13.8 Å². The van der Waals surface area contributed by atoms with Crippen molar-refractivity contribution in [2.24, 2.45) is 0 Å². The minimum atomic E-state index is -0.877. The topological polar surface area (TPSA) is 126 Å². The zero-order valence-corrected chi connectivity index (χ0v) is 24.3. The summed E-state index contributed by atoms with van der Waals surface area (Å²) >= 11 is 7.69. The molecule has 1 saturated heterocycles. The molecule has 4 heterocycles. The summed E-state index contributed by atoms with van der Waals surface area (Å²) in [5.74, 6) is -0.717. The lowest BCUT2D eigenvalue weighted by Crippen LogP contribution is -2.29. The monoisotopic (exact) mass is 624 g/mol. The van der Waals surface area contributed by atoms with Crippen molar-refractivity contribution >= 4 is 61.7 Å². The van der Waals surface area contributed by atoms with E-state index >= 15 is 4.39 Å². The molecule has 0 radical (unpaired) electrons. The molecule has 0 saturated carbocycles. The highest BCUT2D eigenvalue weighted by molar-refractivity contribution is 7.21. The molecule has 1 fully saturated rings. The highest BCUT2D eigenvalue weighted by Gasteiger charge is 2.29. The first-order valence-corrected chi connectivity index (χ1v) is 14.2. The first-order valence-electron chi connectivity index (χ1n) is 13.0. The summed E-state index contributed by atoms with van der Waals surface area (Å²) in [6.45, 7) is 2.63. The maximum atomic E-state index is 15.9. The number of hydrogen-bond donors (Lipinski definition) is 0. The second-order valence-corrected chi connectivity index (χ2v) is 11.2. The van der Waals surface area contributed by atoms with Gasteiger partial charge in [0, 0.05) is 50.3 Å². The van der Waals surface area contributed by atoms with Crippen LogP contribution in [0.3, 0.4) is 0 Å². The minimum absolute atomic E-state index is 0.00254. The number of aromatic nitrogens is 2. The third-order valence-corrected chi connectivity index (χ3v) is 8.79. The predicted molar refractivity (Wildman–Crippen MR) is 157 cm³/mol. The first kappa shape index (κ1) is 28.5. The standard InChI is InChI=1S/C29H22ClFN4O7S/c1-15-25(30)24-20(34(15)29(37)41-17-5-3-16(4-6-17)35(38)39)7-8-21(26(24)31)42-22-9-11-32-19-13-23(43-27(19)22)28(36)33-12-10-18(14-33)40-2/h3-9,11,13,18H,10,12,14H2,1-2H3/t18-/m0/s1. The molecule has 1 atom stereocenters. The van der Waals surface area contributed by atoms with Gasteiger partial charge in [-0.05, 0) is 43.7 Å². The smallest absolute Gasteiger partial charge is 0.424 e. The number of nitro benzene ring substituents is 1. The number of rotatable bonds is 6. The van der Waals surface area contributed by atoms with E-state index in [1.54, 1.807) is 24.1 Å². The summed E-state index contributed by atoms with van der Waals surface area (Å²) in [6, 6.07) is 11.1. The van der Waals surface area contributed by atoms with Crippen LogP contribution >= 0.6 is 22.9 Å². The largest absolute Gasteiger partial charge is 0.453 e. The summed E-state index contributed by atoms with van der Waals surface area (Å²) in [5.41, 5.74) is 0.737. The Balaban J connectivity index is 1.29. The lowest BCUT2D eigenvalue weighted by molar-refractivity contribution is -0.384. The molecule has 3 aromatic heterocycles. The van der Waals surface area contributed by atoms with Crippen molar-refractivity contribution in [1.29, 1.82) is 0 Å². The molecule has 11 nitrogen and oxygen atoms in total. The van der Waals surface area contributed by atoms with E-state index in [0.717, 1.165) is 11.0 Å². The van der Waals surface area contributed by atoms with E-state index in [1.807, 2.05) is 0 Å². The van der Waals surface area contributed by atoms with Gasteiger partial charge in [0.15, 0.2) is 11.6 Å². The summed E-state index contributed by atoms with van der Waals surface area (Å²) < 4.78 is 34.3. The van der Waals surface area contributed by atoms with E-state index in [2.05, 4.69) is 4.98 Å². The Kier molecular flexibility index (Phi) is 7.46. The molecular weight excluding hydrogens is 603 g/mol. The average Bonchev–Trinajstić information content (AvgIpc) is 3.72. The molecule has 43 heavy (non-hydrogen) atoms. The van der Waals surface area contributed by atoms with Crippen LogP contribution in [0.15, 0.2) is 54.7 Å². The van der Waals surface area contributed by atoms with Crippen LogP contribution in [0, 0.1) is 22.9 Å². The van der Waals surface area contributed by atoms with Gasteiger partial charge in [-0.2, -0.15) is 0 Å². The molecule has 0 N–H and O–H groups in total. The van der Waals surface area contributed by atoms with E-state index in [9.17, 15) is 19.7 Å². The number of likely N-dealkylation sites (tertiary alicyclic amines) is 1. The predicted octanol–water partition coefficient (Wildman–Crippen LogP) is 6.96. The number of methoxy groups -OCH3 is 1. The fourth-order valence-corrected chi connectivity index (χ4v) is 6.28. The third kappa shape index (κ3) is 5.15. The Morgan fingerprint density at radius 2 is 1.93 bits per heavy atom. The number of non-ortho nitro benzene ring substituents is 1. The molecule has 0 spiro atoms. The van der Waals surface area contributed by atoms with Crippen LogP contribution < -0.4 is 9.47 Å². The van der Waals surface area contributed by atoms with Gasteiger partial charge in [-0.1, -0.05) is 11.6 Å². The lowest BCUT2D eigenvalue weighted by atomic mass is 10.2. The van der Waals surface area contributed by atoms with Crippen LogP contribution in [-0.4, -0.2) is 57.7 Å². The number of pyridine rings is 1. The lowest BCUT2D eigenvalue weighted by Gasteiger charge is -2.14. The van der Waals surface area contributed by atoms with Gasteiger partial charge in [-0.15, -0.1) is 11.3 Å². The molecule has 220 valence electrons. The zero-order valence-electron chi connectivity index (χ0n) is 22.7. The van der Waals surface area contributed by atoms with Crippen molar-refractivity contribution in [2.75, 3.05) is 20.2 Å². The fourth-order valence-electron chi connectivity index (χ4n) is 4.98. The van der Waals surface area contributed by atoms with Crippen LogP contribution in [0.2, 0.25) is 5.02 Å². The molecule has 0 bridgehead atoms. The van der Waals surface area contributed by atoms with Crippen molar-refractivity contribution in [2.45, 2.75) is 19.4 Å². The molecule has 2 aromatic carbocycles. The minimum Gasteiger partial charge on any atom is -0.453 e. The van der Waals surface area contributed by atoms with Crippen molar-refractivity contribution in [3.05, 3.63) is 86.3 Å². The number of ether oxygens (including phenoxy) is 3. The third-order valence-electron chi connectivity index (χ3n) is 7.21. The average molecular weight is 625 g/mol. The van der Waals surface area contributed by atoms with Crippen molar-refractivity contribution in [3.8, 4) is 17.2 Å². The van der Waals surface area contributed by atoms with Gasteiger partial charge in [0.1, 0.15) is 11.5 Å². The molecule has 1 aliphatic rings. The number of benzene rings is 2. The summed E-state index contributed by atoms with van der Waals surface area (Å²) in [7, 11) is 1.62. The number of nitrogens with zero attached hydrogens (tertiary/aromatic N) is 4. The number of amides is 1. The number of carbonyl (C=O) groups is 2. The quantitative estimate of drug-likeness (QED) is 0.147. The zero-order chi connectivity index (χ0) is 30.4. The van der Waals surface area contributed by atoms with E-state index in [4.69, 9.17) is 25.8 Å². The van der Waals surface area contributed by atoms with E-state index in [1.165, 1.54) is 60.9 Å². The second kappa shape index (κ2) is 11.2. The molecule has 1 aliphatic heterocycles.